The molecular formula is C20H21NO2S. The molecule has 4 heteroatoms. The van der Waals surface area contributed by atoms with Gasteiger partial charge in [0.05, 0.1) is 6.75 Å². The largest absolute Gasteiger partial charge is 0.237 e. The minimum atomic E-state index is -3.88. The number of hydrogen-bond acceptors (Lipinski definition) is 2. The summed E-state index contributed by atoms with van der Waals surface area (Å²) in [6.07, 6.45) is 0. The first kappa shape index (κ1) is 16.5. The third-order valence-corrected chi connectivity index (χ3v) is 5.10. The van der Waals surface area contributed by atoms with Gasteiger partial charge in [0.25, 0.3) is 0 Å². The number of allylic oxidation sites excluding steroid dienone is 1. The van der Waals surface area contributed by atoms with E-state index in [1.807, 2.05) is 36.4 Å². The fourth-order valence-corrected chi connectivity index (χ4v) is 3.41. The molecule has 0 unspecified atom stereocenters. The summed E-state index contributed by atoms with van der Waals surface area (Å²) in [5, 5.41) is -0.467. The highest BCUT2D eigenvalue weighted by atomic mass is 32.2. The lowest BCUT2D eigenvalue weighted by molar-refractivity contribution is 0.453. The molecule has 24 heavy (non-hydrogen) atoms. The average molecular weight is 340 g/mol. The van der Waals surface area contributed by atoms with E-state index in [2.05, 4.69) is 11.8 Å². The second-order valence-electron chi connectivity index (χ2n) is 5.05. The van der Waals surface area contributed by atoms with E-state index in [1.165, 1.54) is 4.31 Å². The highest BCUT2D eigenvalue weighted by molar-refractivity contribution is 7.92. The lowest BCUT2D eigenvalue weighted by Gasteiger charge is -2.16. The van der Waals surface area contributed by atoms with Crippen LogP contribution in [-0.2, 0) is 10.0 Å². The zero-order valence-corrected chi connectivity index (χ0v) is 14.7. The normalized spacial score (nSPS) is 12.9. The van der Waals surface area contributed by atoms with E-state index in [4.69, 9.17) is 1.37 Å². The number of sulfonamides is 1. The van der Waals surface area contributed by atoms with Gasteiger partial charge in [-0.1, -0.05) is 74.2 Å². The molecule has 2 aromatic carbocycles. The Bertz CT molecular complexity index is 891. The van der Waals surface area contributed by atoms with E-state index < -0.39 is 15.4 Å². The third kappa shape index (κ3) is 4.82. The van der Waals surface area contributed by atoms with Crippen LogP contribution in [0.5, 0.6) is 0 Å². The highest BCUT2D eigenvalue weighted by Crippen LogP contribution is 2.17. The van der Waals surface area contributed by atoms with Gasteiger partial charge in [-0.15, -0.1) is 0 Å². The molecule has 3 nitrogen and oxygen atoms in total. The van der Waals surface area contributed by atoms with Gasteiger partial charge in [0.2, 0.25) is 10.0 Å². The van der Waals surface area contributed by atoms with Crippen LogP contribution in [0, 0.1) is 11.8 Å². The summed E-state index contributed by atoms with van der Waals surface area (Å²) in [5.74, 6) is 5.86. The molecule has 0 saturated carbocycles. The van der Waals surface area contributed by atoms with E-state index in [-0.39, 0.29) is 5.57 Å². The molecule has 0 amide bonds. The Kier molecular flexibility index (Phi) is 5.84. The molecule has 0 atom stereocenters. The van der Waals surface area contributed by atoms with Crippen molar-refractivity contribution >= 4 is 15.6 Å². The number of hydrogen-bond donors (Lipinski definition) is 0. The predicted molar refractivity (Wildman–Crippen MR) is 99.6 cm³/mol. The van der Waals surface area contributed by atoms with E-state index in [0.29, 0.717) is 18.7 Å². The number of nitrogens with zero attached hydrogens (tertiary/aromatic N) is 1. The molecule has 0 spiro atoms. The zero-order chi connectivity index (χ0) is 18.3. The van der Waals surface area contributed by atoms with Gasteiger partial charge in [0.1, 0.15) is 0 Å². The van der Waals surface area contributed by atoms with E-state index in [9.17, 15) is 8.42 Å². The van der Waals surface area contributed by atoms with Gasteiger partial charge < -0.3 is 0 Å². The lowest BCUT2D eigenvalue weighted by Crippen LogP contribution is -2.28. The van der Waals surface area contributed by atoms with Crippen molar-refractivity contribution in [3.63, 3.8) is 0 Å². The van der Waals surface area contributed by atoms with Crippen molar-refractivity contribution in [2.24, 2.45) is 0 Å². The van der Waals surface area contributed by atoms with Gasteiger partial charge in [-0.3, -0.25) is 0 Å². The van der Waals surface area contributed by atoms with Gasteiger partial charge in [0.15, 0.2) is 0 Å². The molecule has 0 N–H and O–H groups in total. The minimum absolute atomic E-state index is 0.205. The Morgan fingerprint density at radius 3 is 2.12 bits per heavy atom. The van der Waals surface area contributed by atoms with Crippen LogP contribution in [0.3, 0.4) is 0 Å². The maximum atomic E-state index is 12.7. The number of rotatable bonds is 5. The van der Waals surface area contributed by atoms with Gasteiger partial charge in [-0.05, 0) is 17.7 Å². The van der Waals surface area contributed by atoms with E-state index >= 15 is 0 Å². The second kappa shape index (κ2) is 8.49. The summed E-state index contributed by atoms with van der Waals surface area (Å²) in [6.45, 7) is 4.14. The second-order valence-corrected chi connectivity index (χ2v) is 6.72. The fourth-order valence-electron chi connectivity index (χ4n) is 2.17. The minimum Gasteiger partial charge on any atom is -0.207 e. The lowest BCUT2D eigenvalue weighted by atomic mass is 10.1. The molecule has 0 aromatic heterocycles. The summed E-state index contributed by atoms with van der Waals surface area (Å²) in [4.78, 5) is 0. The summed E-state index contributed by atoms with van der Waals surface area (Å²) >= 11 is 0. The molecule has 0 radical (unpaired) electrons. The summed E-state index contributed by atoms with van der Waals surface area (Å²) in [5.41, 5.74) is 1.59. The van der Waals surface area contributed by atoms with Gasteiger partial charge >= 0.3 is 0 Å². The van der Waals surface area contributed by atoms with Crippen molar-refractivity contribution in [3.8, 4) is 11.8 Å². The Morgan fingerprint density at radius 2 is 1.58 bits per heavy atom. The molecule has 0 aliphatic rings. The van der Waals surface area contributed by atoms with Crippen LogP contribution in [0.2, 0.25) is 0 Å². The maximum absolute atomic E-state index is 12.7. The van der Waals surface area contributed by atoms with Crippen LogP contribution in [0.25, 0.3) is 5.57 Å². The van der Waals surface area contributed by atoms with Crippen LogP contribution in [0.4, 0.5) is 0 Å². The molecular weight excluding hydrogens is 318 g/mol. The summed E-state index contributed by atoms with van der Waals surface area (Å²) < 4.78 is 35.0. The summed E-state index contributed by atoms with van der Waals surface area (Å²) in [6, 6.07) is 18.3. The van der Waals surface area contributed by atoms with Gasteiger partial charge in [-0.2, -0.15) is 4.31 Å². The predicted octanol–water partition coefficient (Wildman–Crippen LogP) is 3.75. The molecule has 0 saturated heterocycles. The topological polar surface area (TPSA) is 37.4 Å². The first-order valence-corrected chi connectivity index (χ1v) is 9.28. The SMILES string of the molecule is [2H]/C(=C(\C#Cc1ccccc1)c1ccccc1)S(=O)(=O)N(CC)CC. The molecule has 124 valence electrons. The van der Waals surface area contributed by atoms with Crippen molar-refractivity contribution in [2.75, 3.05) is 13.1 Å². The standard InChI is InChI=1S/C20H21NO2S/c1-3-21(4-2)24(22,23)17-20(19-13-9-6-10-14-19)16-15-18-11-7-5-8-12-18/h5-14,17H,3-4H2,1-2H3/b20-17-/i17D. The molecule has 2 aromatic rings. The molecule has 0 aliphatic heterocycles. The van der Waals surface area contributed by atoms with Crippen LogP contribution in [-0.4, -0.2) is 25.8 Å². The molecule has 0 aliphatic carbocycles. The van der Waals surface area contributed by atoms with Crippen molar-refractivity contribution in [3.05, 3.63) is 77.2 Å². The maximum Gasteiger partial charge on any atom is 0.237 e. The average Bonchev–Trinajstić information content (AvgIpc) is 2.64. The molecule has 0 bridgehead atoms. The fraction of sp³-hybridized carbons (Fsp3) is 0.200. The van der Waals surface area contributed by atoms with Crippen molar-refractivity contribution in [2.45, 2.75) is 13.8 Å². The first-order valence-electron chi connectivity index (χ1n) is 8.34. The Hall–Kier alpha value is -2.35. The monoisotopic (exact) mass is 340 g/mol. The van der Waals surface area contributed by atoms with Gasteiger partial charge in [0, 0.05) is 24.2 Å². The summed E-state index contributed by atoms with van der Waals surface area (Å²) in [7, 11) is -3.88. The third-order valence-electron chi connectivity index (χ3n) is 3.44. The molecule has 0 fully saturated rings. The van der Waals surface area contributed by atoms with Crippen molar-refractivity contribution in [1.82, 2.24) is 4.31 Å². The van der Waals surface area contributed by atoms with Gasteiger partial charge in [-0.25, -0.2) is 8.42 Å². The van der Waals surface area contributed by atoms with Crippen LogP contribution < -0.4 is 0 Å². The Balaban J connectivity index is 2.61. The van der Waals surface area contributed by atoms with Crippen LogP contribution in [0.1, 0.15) is 26.3 Å². The van der Waals surface area contributed by atoms with E-state index in [1.54, 1.807) is 38.1 Å². The highest BCUT2D eigenvalue weighted by Gasteiger charge is 2.17. The number of benzene rings is 2. The van der Waals surface area contributed by atoms with Crippen molar-refractivity contribution < 1.29 is 9.79 Å². The van der Waals surface area contributed by atoms with Crippen LogP contribution >= 0.6 is 0 Å². The zero-order valence-electron chi connectivity index (χ0n) is 14.9. The molecule has 2 rings (SSSR count). The Morgan fingerprint density at radius 1 is 1.04 bits per heavy atom. The van der Waals surface area contributed by atoms with Crippen molar-refractivity contribution in [1.29, 1.82) is 0 Å². The van der Waals surface area contributed by atoms with E-state index in [0.717, 1.165) is 5.56 Å². The first-order chi connectivity index (χ1) is 12.0. The smallest absolute Gasteiger partial charge is 0.207 e. The quantitative estimate of drug-likeness (QED) is 0.777. The van der Waals surface area contributed by atoms with Crippen LogP contribution in [0.15, 0.2) is 66.0 Å². The molecule has 0 heterocycles. The Labute approximate surface area is 146 Å².